The van der Waals surface area contributed by atoms with Gasteiger partial charge < -0.3 is 5.32 Å². The number of sulfone groups is 2. The molecule has 1 amide bonds. The van der Waals surface area contributed by atoms with Crippen LogP contribution in [0.15, 0.2) is 46.3 Å². The van der Waals surface area contributed by atoms with Crippen LogP contribution in [0.4, 0.5) is 26.3 Å². The fourth-order valence-corrected chi connectivity index (χ4v) is 6.34. The van der Waals surface area contributed by atoms with Crippen molar-refractivity contribution in [2.75, 3.05) is 6.26 Å². The molecule has 7 nitrogen and oxygen atoms in total. The van der Waals surface area contributed by atoms with Gasteiger partial charge in [0.15, 0.2) is 19.7 Å². The summed E-state index contributed by atoms with van der Waals surface area (Å²) in [6.07, 6.45) is -8.46. The molecular weight excluding hydrogens is 538 g/mol. The minimum Gasteiger partial charge on any atom is -0.348 e. The Kier molecular flexibility index (Phi) is 7.22. The second-order valence-corrected chi connectivity index (χ2v) is 12.8. The molecule has 1 atom stereocenters. The van der Waals surface area contributed by atoms with E-state index in [1.165, 1.54) is 6.92 Å². The van der Waals surface area contributed by atoms with E-state index in [1.807, 2.05) is 0 Å². The molecule has 1 aromatic heterocycles. The van der Waals surface area contributed by atoms with Crippen LogP contribution < -0.4 is 5.32 Å². The normalized spacial score (nSPS) is 19.9. The molecule has 1 saturated carbocycles. The zero-order chi connectivity index (χ0) is 27.3. The molecule has 3 rings (SSSR count). The van der Waals surface area contributed by atoms with Gasteiger partial charge >= 0.3 is 12.4 Å². The average Bonchev–Trinajstić information content (AvgIpc) is 2.73. The lowest BCUT2D eigenvalue weighted by molar-refractivity contribution is -0.138. The number of hydrogen-bond donors (Lipinski definition) is 1. The van der Waals surface area contributed by atoms with Crippen molar-refractivity contribution in [3.05, 3.63) is 53.3 Å². The third-order valence-electron chi connectivity index (χ3n) is 5.95. The summed E-state index contributed by atoms with van der Waals surface area (Å²) in [5.41, 5.74) is -3.20. The largest absolute Gasteiger partial charge is 0.417 e. The lowest BCUT2D eigenvalue weighted by Crippen LogP contribution is -2.49. The number of aromatic nitrogens is 1. The van der Waals surface area contributed by atoms with Gasteiger partial charge in [0.05, 0.1) is 26.2 Å². The highest BCUT2D eigenvalue weighted by atomic mass is 32.2. The molecule has 0 unspecified atom stereocenters. The number of nitrogens with zero attached hydrogens (tertiary/aromatic N) is 1. The number of alkyl halides is 6. The van der Waals surface area contributed by atoms with Gasteiger partial charge in [0, 0.05) is 18.5 Å². The number of carbonyl (C=O) groups excluding carboxylic acids is 1. The monoisotopic (exact) mass is 558 g/mol. The predicted octanol–water partition coefficient (Wildman–Crippen LogP) is 3.89. The first kappa shape index (κ1) is 27.9. The van der Waals surface area contributed by atoms with E-state index in [1.54, 1.807) is 0 Å². The standard InChI is InChI=1S/C21H20F6N2O5S2/c1-11(36(33,34)16-5-3-4-13(8-16)20(22,23)24)12-6-15(7-12)29-19(30)18-17(35(2,31)32)9-14(10-28-18)21(25,26)27/h3-5,8-12,15H,6-7H2,1-2H3,(H,29,30)/t11-,12-,15-/m1/s1. The fraction of sp³-hybridized carbons (Fsp3) is 0.429. The topological polar surface area (TPSA) is 110 Å². The van der Waals surface area contributed by atoms with Crippen LogP contribution in [0.5, 0.6) is 0 Å². The molecule has 1 heterocycles. The molecule has 0 spiro atoms. The summed E-state index contributed by atoms with van der Waals surface area (Å²) in [5.74, 6) is -1.59. The van der Waals surface area contributed by atoms with Crippen molar-refractivity contribution in [1.29, 1.82) is 0 Å². The lowest BCUT2D eigenvalue weighted by Gasteiger charge is -2.39. The summed E-state index contributed by atoms with van der Waals surface area (Å²) in [7, 11) is -8.40. The van der Waals surface area contributed by atoms with E-state index in [2.05, 4.69) is 10.3 Å². The molecular formula is C21H20F6N2O5S2. The van der Waals surface area contributed by atoms with Crippen molar-refractivity contribution >= 4 is 25.6 Å². The van der Waals surface area contributed by atoms with Gasteiger partial charge in [-0.3, -0.25) is 4.79 Å². The highest BCUT2D eigenvalue weighted by Gasteiger charge is 2.42. The first-order valence-electron chi connectivity index (χ1n) is 10.3. The van der Waals surface area contributed by atoms with Gasteiger partial charge in [0.1, 0.15) is 5.69 Å². The molecule has 2 aromatic rings. The Bertz CT molecular complexity index is 1380. The summed E-state index contributed by atoms with van der Waals surface area (Å²) < 4.78 is 127. The number of nitrogens with one attached hydrogen (secondary N) is 1. The molecule has 0 bridgehead atoms. The third-order valence-corrected chi connectivity index (χ3v) is 9.33. The maximum atomic E-state index is 13.0. The SMILES string of the molecule is C[C@H]([C@H]1C[C@H](NC(=O)c2ncc(C(F)(F)F)cc2S(C)(=O)=O)C1)S(=O)(=O)c1cccc(C(F)(F)F)c1. The third kappa shape index (κ3) is 5.82. The maximum Gasteiger partial charge on any atom is 0.417 e. The van der Waals surface area contributed by atoms with E-state index in [0.29, 0.717) is 24.6 Å². The number of pyridine rings is 1. The summed E-state index contributed by atoms with van der Waals surface area (Å²) >= 11 is 0. The zero-order valence-corrected chi connectivity index (χ0v) is 20.3. The minimum atomic E-state index is -4.89. The number of benzene rings is 1. The van der Waals surface area contributed by atoms with Gasteiger partial charge in [0.2, 0.25) is 0 Å². The van der Waals surface area contributed by atoms with Gasteiger partial charge in [-0.1, -0.05) is 6.07 Å². The zero-order valence-electron chi connectivity index (χ0n) is 18.7. The van der Waals surface area contributed by atoms with Gasteiger partial charge in [-0.05, 0) is 49.9 Å². The molecule has 0 radical (unpaired) electrons. The molecule has 0 aliphatic heterocycles. The van der Waals surface area contributed by atoms with E-state index < -0.39 is 81.8 Å². The molecule has 1 fully saturated rings. The van der Waals surface area contributed by atoms with Crippen molar-refractivity contribution in [1.82, 2.24) is 10.3 Å². The number of carbonyl (C=O) groups is 1. The number of amides is 1. The molecule has 198 valence electrons. The number of hydrogen-bond acceptors (Lipinski definition) is 6. The van der Waals surface area contributed by atoms with Crippen LogP contribution >= 0.6 is 0 Å². The van der Waals surface area contributed by atoms with Gasteiger partial charge in [-0.2, -0.15) is 26.3 Å². The van der Waals surface area contributed by atoms with Crippen molar-refractivity contribution in [2.45, 2.75) is 53.2 Å². The molecule has 1 aliphatic rings. The number of halogens is 6. The first-order chi connectivity index (χ1) is 16.3. The Morgan fingerprint density at radius 3 is 2.11 bits per heavy atom. The number of rotatable bonds is 6. The molecule has 36 heavy (non-hydrogen) atoms. The van der Waals surface area contributed by atoms with Crippen LogP contribution in [-0.2, 0) is 32.0 Å². The first-order valence-corrected chi connectivity index (χ1v) is 13.7. The van der Waals surface area contributed by atoms with Crippen LogP contribution in [0.25, 0.3) is 0 Å². The van der Waals surface area contributed by atoms with E-state index in [0.717, 1.165) is 18.2 Å². The van der Waals surface area contributed by atoms with Gasteiger partial charge in [0.25, 0.3) is 5.91 Å². The van der Waals surface area contributed by atoms with Crippen LogP contribution in [0.1, 0.15) is 41.4 Å². The quantitative estimate of drug-likeness (QED) is 0.539. The van der Waals surface area contributed by atoms with Crippen LogP contribution in [0.3, 0.4) is 0 Å². The summed E-state index contributed by atoms with van der Waals surface area (Å²) in [6.45, 7) is 1.33. The maximum absolute atomic E-state index is 13.0. The lowest BCUT2D eigenvalue weighted by atomic mass is 9.78. The highest BCUT2D eigenvalue weighted by Crippen LogP contribution is 2.38. The Balaban J connectivity index is 1.72. The van der Waals surface area contributed by atoms with E-state index >= 15 is 0 Å². The minimum absolute atomic E-state index is 0.0972. The molecule has 1 N–H and O–H groups in total. The molecule has 1 aliphatic carbocycles. The van der Waals surface area contributed by atoms with E-state index in [-0.39, 0.29) is 12.8 Å². The van der Waals surface area contributed by atoms with Crippen LogP contribution in [0.2, 0.25) is 0 Å². The predicted molar refractivity (Wildman–Crippen MR) is 114 cm³/mol. The van der Waals surface area contributed by atoms with Gasteiger partial charge in [-0.15, -0.1) is 0 Å². The van der Waals surface area contributed by atoms with Crippen LogP contribution in [0, 0.1) is 5.92 Å². The summed E-state index contributed by atoms with van der Waals surface area (Å²) in [5, 5.41) is 1.33. The molecule has 1 aromatic carbocycles. The smallest absolute Gasteiger partial charge is 0.348 e. The second kappa shape index (κ2) is 9.32. The second-order valence-electron chi connectivity index (χ2n) is 8.52. The van der Waals surface area contributed by atoms with Crippen molar-refractivity contribution in [3.63, 3.8) is 0 Å². The van der Waals surface area contributed by atoms with Crippen molar-refractivity contribution < 1.29 is 48.0 Å². The van der Waals surface area contributed by atoms with Crippen molar-refractivity contribution in [2.24, 2.45) is 5.92 Å². The van der Waals surface area contributed by atoms with Gasteiger partial charge in [-0.25, -0.2) is 21.8 Å². The Morgan fingerprint density at radius 2 is 1.58 bits per heavy atom. The van der Waals surface area contributed by atoms with Crippen molar-refractivity contribution in [3.8, 4) is 0 Å². The molecule has 0 saturated heterocycles. The Hall–Kier alpha value is -2.68. The van der Waals surface area contributed by atoms with Crippen LogP contribution in [-0.4, -0.2) is 45.3 Å². The average molecular weight is 559 g/mol. The Morgan fingerprint density at radius 1 is 1.00 bits per heavy atom. The molecule has 15 heteroatoms. The summed E-state index contributed by atoms with van der Waals surface area (Å²) in [4.78, 5) is 14.5. The Labute approximate surface area is 202 Å². The highest BCUT2D eigenvalue weighted by molar-refractivity contribution is 7.92. The van der Waals surface area contributed by atoms with E-state index in [9.17, 15) is 48.0 Å². The summed E-state index contributed by atoms with van der Waals surface area (Å²) in [6, 6.07) is 3.01. The fourth-order valence-electron chi connectivity index (χ4n) is 3.79. The van der Waals surface area contributed by atoms with E-state index in [4.69, 9.17) is 0 Å².